The van der Waals surface area contributed by atoms with Crippen LogP contribution in [0.25, 0.3) is 0 Å². The van der Waals surface area contributed by atoms with Gasteiger partial charge in [0.05, 0.1) is 24.0 Å². The number of rotatable bonds is 5. The number of aromatic nitrogens is 2. The molecule has 0 spiro atoms. The quantitative estimate of drug-likeness (QED) is 0.504. The largest absolute Gasteiger partial charge is 0.271 e. The molecule has 138 valence electrons. The predicted octanol–water partition coefficient (Wildman–Crippen LogP) is 4.45. The number of hydrogen-bond acceptors (Lipinski definition) is 3. The van der Waals surface area contributed by atoms with E-state index in [2.05, 4.69) is 15.6 Å². The van der Waals surface area contributed by atoms with E-state index in [-0.39, 0.29) is 11.7 Å². The SMILES string of the molecule is Cc1nn(Cc2ccc(F)cc2)c(Cl)c1/C=N\NC(=O)c1cccc(Cl)c1. The lowest BCUT2D eigenvalue weighted by Crippen LogP contribution is -2.17. The normalized spacial score (nSPS) is 11.1. The molecule has 0 aliphatic rings. The van der Waals surface area contributed by atoms with Gasteiger partial charge in [0.2, 0.25) is 0 Å². The Balaban J connectivity index is 1.71. The van der Waals surface area contributed by atoms with Crippen molar-refractivity contribution in [3.63, 3.8) is 0 Å². The maximum Gasteiger partial charge on any atom is 0.271 e. The molecule has 5 nitrogen and oxygen atoms in total. The highest BCUT2D eigenvalue weighted by Gasteiger charge is 2.12. The van der Waals surface area contributed by atoms with E-state index in [4.69, 9.17) is 23.2 Å². The van der Waals surface area contributed by atoms with E-state index < -0.39 is 0 Å². The van der Waals surface area contributed by atoms with E-state index in [0.717, 1.165) is 5.56 Å². The number of carbonyl (C=O) groups is 1. The highest BCUT2D eigenvalue weighted by atomic mass is 35.5. The van der Waals surface area contributed by atoms with Gasteiger partial charge in [0, 0.05) is 10.6 Å². The van der Waals surface area contributed by atoms with Crippen LogP contribution in [-0.2, 0) is 6.54 Å². The summed E-state index contributed by atoms with van der Waals surface area (Å²) in [7, 11) is 0. The highest BCUT2D eigenvalue weighted by molar-refractivity contribution is 6.32. The van der Waals surface area contributed by atoms with Gasteiger partial charge in [0.25, 0.3) is 5.91 Å². The zero-order valence-electron chi connectivity index (χ0n) is 14.3. The van der Waals surface area contributed by atoms with E-state index in [1.165, 1.54) is 18.3 Å². The smallest absolute Gasteiger partial charge is 0.267 e. The van der Waals surface area contributed by atoms with Crippen molar-refractivity contribution in [1.82, 2.24) is 15.2 Å². The van der Waals surface area contributed by atoms with Crippen LogP contribution >= 0.6 is 23.2 Å². The molecule has 3 aromatic rings. The molecule has 0 radical (unpaired) electrons. The third-order valence-electron chi connectivity index (χ3n) is 3.80. The summed E-state index contributed by atoms with van der Waals surface area (Å²) < 4.78 is 14.6. The van der Waals surface area contributed by atoms with Crippen LogP contribution in [0, 0.1) is 12.7 Å². The van der Waals surface area contributed by atoms with Crippen LogP contribution in [0.4, 0.5) is 4.39 Å². The Kier molecular flexibility index (Phi) is 5.88. The minimum absolute atomic E-state index is 0.301. The zero-order valence-corrected chi connectivity index (χ0v) is 15.8. The number of amides is 1. The molecular formula is C19H15Cl2FN4O. The van der Waals surface area contributed by atoms with Crippen molar-refractivity contribution in [2.45, 2.75) is 13.5 Å². The number of nitrogens with zero attached hydrogens (tertiary/aromatic N) is 3. The third kappa shape index (κ3) is 4.72. The molecule has 0 aliphatic carbocycles. The van der Waals surface area contributed by atoms with Gasteiger partial charge in [-0.3, -0.25) is 4.79 Å². The average molecular weight is 405 g/mol. The van der Waals surface area contributed by atoms with E-state index in [1.54, 1.807) is 48.0 Å². The zero-order chi connectivity index (χ0) is 19.4. The summed E-state index contributed by atoms with van der Waals surface area (Å²) >= 11 is 12.2. The van der Waals surface area contributed by atoms with Crippen LogP contribution in [0.15, 0.2) is 53.6 Å². The molecule has 1 heterocycles. The van der Waals surface area contributed by atoms with Crippen LogP contribution < -0.4 is 5.43 Å². The molecule has 1 N–H and O–H groups in total. The number of hydrogen-bond donors (Lipinski definition) is 1. The highest BCUT2D eigenvalue weighted by Crippen LogP contribution is 2.19. The predicted molar refractivity (Wildman–Crippen MR) is 104 cm³/mol. The Morgan fingerprint density at radius 3 is 2.70 bits per heavy atom. The number of benzene rings is 2. The summed E-state index contributed by atoms with van der Waals surface area (Å²) in [5, 5.41) is 9.15. The molecule has 3 rings (SSSR count). The number of carbonyl (C=O) groups excluding carboxylic acids is 1. The van der Waals surface area contributed by atoms with Gasteiger partial charge >= 0.3 is 0 Å². The fourth-order valence-electron chi connectivity index (χ4n) is 2.43. The monoisotopic (exact) mass is 404 g/mol. The summed E-state index contributed by atoms with van der Waals surface area (Å²) in [4.78, 5) is 12.1. The summed E-state index contributed by atoms with van der Waals surface area (Å²) in [5.41, 5.74) is 4.93. The van der Waals surface area contributed by atoms with E-state index in [0.29, 0.717) is 33.5 Å². The second-order valence-corrected chi connectivity index (χ2v) is 6.58. The van der Waals surface area contributed by atoms with E-state index >= 15 is 0 Å². The minimum atomic E-state index is -0.388. The molecule has 1 aromatic heterocycles. The first-order chi connectivity index (χ1) is 12.9. The van der Waals surface area contributed by atoms with Gasteiger partial charge in [0.15, 0.2) is 0 Å². The maximum absolute atomic E-state index is 13.0. The van der Waals surface area contributed by atoms with Crippen molar-refractivity contribution in [2.75, 3.05) is 0 Å². The fraction of sp³-hybridized carbons (Fsp3) is 0.105. The van der Waals surface area contributed by atoms with Crippen molar-refractivity contribution >= 4 is 35.3 Å². The lowest BCUT2D eigenvalue weighted by atomic mass is 10.2. The Hall–Kier alpha value is -2.70. The van der Waals surface area contributed by atoms with Crippen LogP contribution in [0.2, 0.25) is 10.2 Å². The molecule has 27 heavy (non-hydrogen) atoms. The molecule has 0 atom stereocenters. The van der Waals surface area contributed by atoms with Gasteiger partial charge in [0.1, 0.15) is 11.0 Å². The fourth-order valence-corrected chi connectivity index (χ4v) is 2.90. The Morgan fingerprint density at radius 1 is 1.26 bits per heavy atom. The van der Waals surface area contributed by atoms with Crippen molar-refractivity contribution in [1.29, 1.82) is 0 Å². The van der Waals surface area contributed by atoms with Crippen LogP contribution in [0.3, 0.4) is 0 Å². The first-order valence-electron chi connectivity index (χ1n) is 8.00. The minimum Gasteiger partial charge on any atom is -0.267 e. The Bertz CT molecular complexity index is 999. The molecule has 1 amide bonds. The number of halogens is 3. The van der Waals surface area contributed by atoms with Crippen molar-refractivity contribution in [3.05, 3.63) is 86.9 Å². The molecule has 0 unspecified atom stereocenters. The first-order valence-corrected chi connectivity index (χ1v) is 8.76. The molecule has 0 saturated carbocycles. The maximum atomic E-state index is 13.0. The second-order valence-electron chi connectivity index (χ2n) is 5.78. The van der Waals surface area contributed by atoms with Crippen molar-refractivity contribution in [3.8, 4) is 0 Å². The number of nitrogens with one attached hydrogen (secondary N) is 1. The molecule has 0 saturated heterocycles. The van der Waals surface area contributed by atoms with Gasteiger partial charge in [-0.2, -0.15) is 10.2 Å². The standard InChI is InChI=1S/C19H15Cl2FN4O/c1-12-17(10-23-24-19(27)14-3-2-4-15(20)9-14)18(21)26(25-12)11-13-5-7-16(22)8-6-13/h2-10H,11H2,1H3,(H,24,27)/b23-10-. The molecule has 0 aliphatic heterocycles. The van der Waals surface area contributed by atoms with Gasteiger partial charge in [-0.15, -0.1) is 0 Å². The van der Waals surface area contributed by atoms with E-state index in [9.17, 15) is 9.18 Å². The van der Waals surface area contributed by atoms with Gasteiger partial charge < -0.3 is 0 Å². The van der Waals surface area contributed by atoms with Crippen LogP contribution in [0.5, 0.6) is 0 Å². The van der Waals surface area contributed by atoms with E-state index in [1.807, 2.05) is 0 Å². The molecular weight excluding hydrogens is 390 g/mol. The van der Waals surface area contributed by atoms with Crippen molar-refractivity contribution in [2.24, 2.45) is 5.10 Å². The lowest BCUT2D eigenvalue weighted by molar-refractivity contribution is 0.0955. The molecule has 0 bridgehead atoms. The van der Waals surface area contributed by atoms with Crippen molar-refractivity contribution < 1.29 is 9.18 Å². The molecule has 0 fully saturated rings. The average Bonchev–Trinajstić information content (AvgIpc) is 2.91. The summed E-state index contributed by atoms with van der Waals surface area (Å²) in [5.74, 6) is -0.689. The Labute approximate surface area is 165 Å². The summed E-state index contributed by atoms with van der Waals surface area (Å²) in [6.07, 6.45) is 1.44. The Morgan fingerprint density at radius 2 is 2.00 bits per heavy atom. The summed E-state index contributed by atoms with van der Waals surface area (Å²) in [6.45, 7) is 2.18. The van der Waals surface area contributed by atoms with Crippen LogP contribution in [-0.4, -0.2) is 21.9 Å². The first kappa shape index (κ1) is 19.1. The van der Waals surface area contributed by atoms with Gasteiger partial charge in [-0.25, -0.2) is 14.5 Å². The van der Waals surface area contributed by atoms with Gasteiger partial charge in [-0.05, 0) is 42.8 Å². The summed E-state index contributed by atoms with van der Waals surface area (Å²) in [6, 6.07) is 12.6. The number of aryl methyl sites for hydroxylation is 1. The lowest BCUT2D eigenvalue weighted by Gasteiger charge is -2.03. The van der Waals surface area contributed by atoms with Crippen LogP contribution in [0.1, 0.15) is 27.2 Å². The second kappa shape index (κ2) is 8.33. The van der Waals surface area contributed by atoms with Gasteiger partial charge in [-0.1, -0.05) is 41.4 Å². The topological polar surface area (TPSA) is 59.3 Å². The molecule has 8 heteroatoms. The third-order valence-corrected chi connectivity index (χ3v) is 4.44. The molecule has 2 aromatic carbocycles. The number of hydrazone groups is 1.